The van der Waals surface area contributed by atoms with Gasteiger partial charge in [-0.15, -0.1) is 0 Å². The molecule has 0 aliphatic rings. The van der Waals surface area contributed by atoms with E-state index in [-0.39, 0.29) is 0 Å². The molecule has 0 amide bonds. The van der Waals surface area contributed by atoms with Crippen molar-refractivity contribution in [3.8, 4) is 12.1 Å². The lowest BCUT2D eigenvalue weighted by Crippen LogP contribution is -1.74. The van der Waals surface area contributed by atoms with Crippen LogP contribution >= 0.6 is 0 Å². The molecule has 0 saturated carbocycles. The van der Waals surface area contributed by atoms with E-state index in [2.05, 4.69) is 0 Å². The van der Waals surface area contributed by atoms with Crippen LogP contribution in [0.3, 0.4) is 0 Å². The summed E-state index contributed by atoms with van der Waals surface area (Å²) >= 11 is 0. The number of nitriles is 2. The highest BCUT2D eigenvalue weighted by Gasteiger charge is 1.87. The van der Waals surface area contributed by atoms with Crippen molar-refractivity contribution >= 4 is 6.08 Å². The first-order chi connectivity index (χ1) is 5.86. The van der Waals surface area contributed by atoms with Gasteiger partial charge in [-0.1, -0.05) is 12.1 Å². The standard InChI is InChI=1S/C10H6N2/c11-7-1-2-9-3-5-10(8-12)6-4-9/h1-6H/b2-1-. The Kier molecular flexibility index (Phi) is 2.65. The highest BCUT2D eigenvalue weighted by molar-refractivity contribution is 5.52. The minimum absolute atomic E-state index is 0.629. The van der Waals surface area contributed by atoms with E-state index in [0.29, 0.717) is 5.56 Å². The SMILES string of the molecule is N#C/C=C\c1ccc(C#N)cc1. The summed E-state index contributed by atoms with van der Waals surface area (Å²) < 4.78 is 0. The topological polar surface area (TPSA) is 47.6 Å². The molecule has 56 valence electrons. The van der Waals surface area contributed by atoms with E-state index in [1.54, 1.807) is 30.3 Å². The number of rotatable bonds is 1. The second-order valence-corrected chi connectivity index (χ2v) is 2.20. The normalized spacial score (nSPS) is 9.17. The molecule has 0 spiro atoms. The maximum absolute atomic E-state index is 8.48. The Labute approximate surface area is 71.0 Å². The quantitative estimate of drug-likeness (QED) is 0.581. The number of nitrogens with zero attached hydrogens (tertiary/aromatic N) is 2. The van der Waals surface area contributed by atoms with Crippen molar-refractivity contribution < 1.29 is 0 Å². The van der Waals surface area contributed by atoms with E-state index < -0.39 is 0 Å². The molecular weight excluding hydrogens is 148 g/mol. The molecule has 1 aromatic carbocycles. The zero-order valence-electron chi connectivity index (χ0n) is 6.36. The molecular formula is C10H6N2. The van der Waals surface area contributed by atoms with Gasteiger partial charge in [0.2, 0.25) is 0 Å². The van der Waals surface area contributed by atoms with Crippen LogP contribution in [0.15, 0.2) is 30.3 Å². The lowest BCUT2D eigenvalue weighted by Gasteiger charge is -1.90. The molecule has 0 N–H and O–H groups in total. The number of allylic oxidation sites excluding steroid dienone is 1. The molecule has 0 bridgehead atoms. The molecule has 2 heteroatoms. The van der Waals surface area contributed by atoms with E-state index in [1.807, 2.05) is 12.1 Å². The zero-order valence-corrected chi connectivity index (χ0v) is 6.36. The lowest BCUT2D eigenvalue weighted by atomic mass is 10.1. The Morgan fingerprint density at radius 3 is 2.25 bits per heavy atom. The molecule has 0 fully saturated rings. The van der Waals surface area contributed by atoms with Gasteiger partial charge < -0.3 is 0 Å². The average Bonchev–Trinajstić information content (AvgIpc) is 2.15. The second kappa shape index (κ2) is 3.95. The van der Waals surface area contributed by atoms with Crippen molar-refractivity contribution in [3.63, 3.8) is 0 Å². The van der Waals surface area contributed by atoms with Crippen molar-refractivity contribution in [2.45, 2.75) is 0 Å². The third-order valence-electron chi connectivity index (χ3n) is 1.39. The Hall–Kier alpha value is -2.06. The molecule has 1 rings (SSSR count). The third-order valence-corrected chi connectivity index (χ3v) is 1.39. The molecule has 0 aliphatic carbocycles. The van der Waals surface area contributed by atoms with Crippen LogP contribution in [-0.4, -0.2) is 0 Å². The molecule has 0 unspecified atom stereocenters. The van der Waals surface area contributed by atoms with Gasteiger partial charge in [0.25, 0.3) is 0 Å². The molecule has 0 saturated heterocycles. The van der Waals surface area contributed by atoms with Crippen molar-refractivity contribution in [2.24, 2.45) is 0 Å². The molecule has 12 heavy (non-hydrogen) atoms. The fourth-order valence-electron chi connectivity index (χ4n) is 0.802. The van der Waals surface area contributed by atoms with Gasteiger partial charge in [-0.05, 0) is 23.8 Å². The van der Waals surface area contributed by atoms with Crippen LogP contribution in [0.25, 0.3) is 6.08 Å². The summed E-state index contributed by atoms with van der Waals surface area (Å²) in [7, 11) is 0. The number of benzene rings is 1. The Morgan fingerprint density at radius 1 is 1.08 bits per heavy atom. The fraction of sp³-hybridized carbons (Fsp3) is 0. The van der Waals surface area contributed by atoms with Gasteiger partial charge in [0.05, 0.1) is 17.7 Å². The number of hydrogen-bond acceptors (Lipinski definition) is 2. The summed E-state index contributed by atoms with van der Waals surface area (Å²) in [6.45, 7) is 0. The summed E-state index contributed by atoms with van der Waals surface area (Å²) in [6.07, 6.45) is 3.10. The molecule has 2 nitrogen and oxygen atoms in total. The molecule has 0 radical (unpaired) electrons. The molecule has 0 aromatic heterocycles. The van der Waals surface area contributed by atoms with Gasteiger partial charge in [-0.3, -0.25) is 0 Å². The van der Waals surface area contributed by atoms with Crippen molar-refractivity contribution in [1.82, 2.24) is 0 Å². The predicted molar refractivity (Wildman–Crippen MR) is 45.8 cm³/mol. The van der Waals surface area contributed by atoms with E-state index >= 15 is 0 Å². The zero-order chi connectivity index (χ0) is 8.81. The minimum Gasteiger partial charge on any atom is -0.193 e. The molecule has 0 atom stereocenters. The Balaban J connectivity index is 2.88. The summed E-state index contributed by atoms with van der Waals surface area (Å²) in [6, 6.07) is 11.0. The first kappa shape index (κ1) is 8.04. The van der Waals surface area contributed by atoms with Gasteiger partial charge in [0, 0.05) is 6.08 Å². The third kappa shape index (κ3) is 1.97. The van der Waals surface area contributed by atoms with Crippen LogP contribution in [0.5, 0.6) is 0 Å². The van der Waals surface area contributed by atoms with Crippen LogP contribution in [-0.2, 0) is 0 Å². The monoisotopic (exact) mass is 154 g/mol. The Morgan fingerprint density at radius 2 is 1.75 bits per heavy atom. The van der Waals surface area contributed by atoms with Gasteiger partial charge >= 0.3 is 0 Å². The Bertz CT molecular complexity index is 360. The van der Waals surface area contributed by atoms with Gasteiger partial charge in [0.1, 0.15) is 0 Å². The van der Waals surface area contributed by atoms with Crippen molar-refractivity contribution in [3.05, 3.63) is 41.5 Å². The van der Waals surface area contributed by atoms with Gasteiger partial charge in [-0.2, -0.15) is 10.5 Å². The molecule has 0 heterocycles. The van der Waals surface area contributed by atoms with E-state index in [0.717, 1.165) is 5.56 Å². The van der Waals surface area contributed by atoms with Crippen LogP contribution in [0.1, 0.15) is 11.1 Å². The van der Waals surface area contributed by atoms with E-state index in [1.165, 1.54) is 6.08 Å². The minimum atomic E-state index is 0.629. The highest BCUT2D eigenvalue weighted by Crippen LogP contribution is 2.04. The highest BCUT2D eigenvalue weighted by atomic mass is 14.2. The summed E-state index contributed by atoms with van der Waals surface area (Å²) in [5, 5.41) is 16.7. The smallest absolute Gasteiger partial charge is 0.0991 e. The van der Waals surface area contributed by atoms with Crippen LogP contribution in [0.4, 0.5) is 0 Å². The maximum atomic E-state index is 8.48. The largest absolute Gasteiger partial charge is 0.193 e. The summed E-state index contributed by atoms with van der Waals surface area (Å²) in [5.41, 5.74) is 1.56. The van der Waals surface area contributed by atoms with Gasteiger partial charge in [0.15, 0.2) is 0 Å². The fourth-order valence-corrected chi connectivity index (χ4v) is 0.802. The molecule has 0 aliphatic heterocycles. The summed E-state index contributed by atoms with van der Waals surface area (Å²) in [4.78, 5) is 0. The van der Waals surface area contributed by atoms with E-state index in [9.17, 15) is 0 Å². The first-order valence-electron chi connectivity index (χ1n) is 3.43. The van der Waals surface area contributed by atoms with Crippen LogP contribution in [0.2, 0.25) is 0 Å². The van der Waals surface area contributed by atoms with Gasteiger partial charge in [-0.25, -0.2) is 0 Å². The maximum Gasteiger partial charge on any atom is 0.0991 e. The van der Waals surface area contributed by atoms with Crippen molar-refractivity contribution in [1.29, 1.82) is 10.5 Å². The van der Waals surface area contributed by atoms with Crippen molar-refractivity contribution in [2.75, 3.05) is 0 Å². The predicted octanol–water partition coefficient (Wildman–Crippen LogP) is 2.10. The number of hydrogen-bond donors (Lipinski definition) is 0. The lowest BCUT2D eigenvalue weighted by molar-refractivity contribution is 1.48. The second-order valence-electron chi connectivity index (χ2n) is 2.20. The van der Waals surface area contributed by atoms with Crippen LogP contribution < -0.4 is 0 Å². The van der Waals surface area contributed by atoms with Crippen LogP contribution in [0, 0.1) is 22.7 Å². The average molecular weight is 154 g/mol. The molecule has 1 aromatic rings. The van der Waals surface area contributed by atoms with E-state index in [4.69, 9.17) is 10.5 Å². The first-order valence-corrected chi connectivity index (χ1v) is 3.43. The summed E-state index contributed by atoms with van der Waals surface area (Å²) in [5.74, 6) is 0.